The van der Waals surface area contributed by atoms with Crippen molar-refractivity contribution in [3.8, 4) is 0 Å². The Morgan fingerprint density at radius 2 is 1.79 bits per heavy atom. The lowest BCUT2D eigenvalue weighted by Gasteiger charge is -2.13. The van der Waals surface area contributed by atoms with Gasteiger partial charge in [-0.2, -0.15) is 0 Å². The van der Waals surface area contributed by atoms with Crippen molar-refractivity contribution in [1.82, 2.24) is 0 Å². The summed E-state index contributed by atoms with van der Waals surface area (Å²) < 4.78 is 28.8. The van der Waals surface area contributed by atoms with E-state index in [-0.39, 0.29) is 12.2 Å². The third-order valence-electron chi connectivity index (χ3n) is 2.81. The van der Waals surface area contributed by atoms with Gasteiger partial charge in [-0.1, -0.05) is 31.2 Å². The van der Waals surface area contributed by atoms with Crippen LogP contribution in [0.25, 0.3) is 0 Å². The van der Waals surface area contributed by atoms with Crippen molar-refractivity contribution in [2.45, 2.75) is 30.2 Å². The van der Waals surface area contributed by atoms with Crippen molar-refractivity contribution in [3.63, 3.8) is 0 Å². The van der Waals surface area contributed by atoms with Gasteiger partial charge in [0.05, 0.1) is 12.9 Å². The zero-order valence-corrected chi connectivity index (χ0v) is 12.5. The summed E-state index contributed by atoms with van der Waals surface area (Å²) in [6.07, 6.45) is 0.203. The van der Waals surface area contributed by atoms with Crippen LogP contribution in [-0.2, 0) is 31.0 Å². The molecule has 0 bridgehead atoms. The van der Waals surface area contributed by atoms with E-state index in [1.165, 1.54) is 7.11 Å². The maximum atomic E-state index is 12.2. The highest BCUT2D eigenvalue weighted by atomic mass is 35.5. The van der Waals surface area contributed by atoms with E-state index in [0.717, 1.165) is 5.56 Å². The molecule has 0 aromatic heterocycles. The van der Waals surface area contributed by atoms with Crippen molar-refractivity contribution in [2.75, 3.05) is 7.11 Å². The smallest absolute Gasteiger partial charge is 0.324 e. The molecule has 4 nitrogen and oxygen atoms in total. The molecule has 0 saturated carbocycles. The van der Waals surface area contributed by atoms with Crippen LogP contribution in [0.1, 0.15) is 24.5 Å². The second-order valence-corrected chi connectivity index (χ2v) is 6.63. The molecular formula is C13H17ClO4S. The van der Waals surface area contributed by atoms with E-state index < -0.39 is 21.1 Å². The van der Waals surface area contributed by atoms with E-state index in [2.05, 4.69) is 4.74 Å². The van der Waals surface area contributed by atoms with Gasteiger partial charge in [0.1, 0.15) is 0 Å². The van der Waals surface area contributed by atoms with Crippen LogP contribution >= 0.6 is 11.6 Å². The van der Waals surface area contributed by atoms with Crippen molar-refractivity contribution in [2.24, 2.45) is 0 Å². The number of benzene rings is 1. The van der Waals surface area contributed by atoms with Gasteiger partial charge in [-0.3, -0.25) is 4.79 Å². The van der Waals surface area contributed by atoms with Crippen LogP contribution in [0.2, 0.25) is 0 Å². The number of halogens is 1. The molecule has 0 N–H and O–H groups in total. The fraction of sp³-hybridized carbons (Fsp3) is 0.462. The van der Waals surface area contributed by atoms with Gasteiger partial charge < -0.3 is 4.74 Å². The molecule has 1 unspecified atom stereocenters. The number of sulfone groups is 1. The normalized spacial score (nSPS) is 13.0. The molecule has 1 aromatic carbocycles. The summed E-state index contributed by atoms with van der Waals surface area (Å²) in [7, 11) is -2.37. The SMILES string of the molecule is CCC(C(=O)OC)S(=O)(=O)Cc1ccc(CCl)cc1. The Bertz CT molecular complexity index is 522. The summed E-state index contributed by atoms with van der Waals surface area (Å²) in [5.41, 5.74) is 1.55. The molecule has 0 saturated heterocycles. The van der Waals surface area contributed by atoms with Gasteiger partial charge in [0.15, 0.2) is 15.1 Å². The first kappa shape index (κ1) is 16.0. The van der Waals surface area contributed by atoms with Crippen LogP contribution in [0.15, 0.2) is 24.3 Å². The quantitative estimate of drug-likeness (QED) is 0.597. The molecule has 1 aromatic rings. The first-order valence-electron chi connectivity index (χ1n) is 5.87. The molecule has 0 fully saturated rings. The fourth-order valence-corrected chi connectivity index (χ4v) is 3.69. The molecule has 0 spiro atoms. The van der Waals surface area contributed by atoms with Gasteiger partial charge in [0.25, 0.3) is 0 Å². The number of hydrogen-bond donors (Lipinski definition) is 0. The molecule has 0 radical (unpaired) electrons. The molecule has 106 valence electrons. The van der Waals surface area contributed by atoms with Gasteiger partial charge in [0, 0.05) is 5.88 Å². The highest BCUT2D eigenvalue weighted by molar-refractivity contribution is 7.92. The maximum absolute atomic E-state index is 12.2. The number of rotatable bonds is 6. The molecule has 0 aliphatic carbocycles. The lowest BCUT2D eigenvalue weighted by molar-refractivity contribution is -0.140. The Labute approximate surface area is 118 Å². The Morgan fingerprint density at radius 1 is 1.26 bits per heavy atom. The van der Waals surface area contributed by atoms with Crippen molar-refractivity contribution >= 4 is 27.4 Å². The molecule has 19 heavy (non-hydrogen) atoms. The first-order valence-corrected chi connectivity index (χ1v) is 8.12. The molecule has 0 amide bonds. The first-order chi connectivity index (χ1) is 8.94. The monoisotopic (exact) mass is 304 g/mol. The van der Waals surface area contributed by atoms with Gasteiger partial charge in [-0.15, -0.1) is 11.6 Å². The Hall–Kier alpha value is -1.07. The summed E-state index contributed by atoms with van der Waals surface area (Å²) in [4.78, 5) is 11.5. The van der Waals surface area contributed by atoms with Crippen LogP contribution in [0.5, 0.6) is 0 Å². The summed E-state index contributed by atoms with van der Waals surface area (Å²) in [6, 6.07) is 6.96. The van der Waals surface area contributed by atoms with Crippen LogP contribution in [0, 0.1) is 0 Å². The van der Waals surface area contributed by atoms with E-state index in [9.17, 15) is 13.2 Å². The number of carbonyl (C=O) groups is 1. The lowest BCUT2D eigenvalue weighted by atomic mass is 10.2. The minimum Gasteiger partial charge on any atom is -0.468 e. The molecular weight excluding hydrogens is 288 g/mol. The van der Waals surface area contributed by atoms with E-state index in [1.807, 2.05) is 0 Å². The minimum absolute atomic E-state index is 0.177. The third kappa shape index (κ3) is 4.21. The number of alkyl halides is 1. The molecule has 6 heteroatoms. The Balaban J connectivity index is 2.91. The molecule has 1 atom stereocenters. The molecule has 0 aliphatic rings. The molecule has 0 heterocycles. The Kier molecular flexibility index (Phi) is 5.82. The topological polar surface area (TPSA) is 60.4 Å². The summed E-state index contributed by atoms with van der Waals surface area (Å²) in [5, 5.41) is -1.11. The fourth-order valence-electron chi connectivity index (χ4n) is 1.76. The second kappa shape index (κ2) is 6.91. The standard InChI is InChI=1S/C13H17ClO4S/c1-3-12(13(15)18-2)19(16,17)9-11-6-4-10(8-14)5-7-11/h4-7,12H,3,8-9H2,1-2H3. The van der Waals surface area contributed by atoms with Crippen LogP contribution in [-0.4, -0.2) is 26.7 Å². The van der Waals surface area contributed by atoms with E-state index in [4.69, 9.17) is 11.6 Å². The van der Waals surface area contributed by atoms with Gasteiger partial charge in [-0.05, 0) is 17.5 Å². The second-order valence-electron chi connectivity index (χ2n) is 4.18. The number of methoxy groups -OCH3 is 1. The highest BCUT2D eigenvalue weighted by Crippen LogP contribution is 2.16. The maximum Gasteiger partial charge on any atom is 0.324 e. The predicted octanol–water partition coefficient (Wildman–Crippen LogP) is 2.29. The van der Waals surface area contributed by atoms with Gasteiger partial charge >= 0.3 is 5.97 Å². The van der Waals surface area contributed by atoms with Crippen molar-refractivity contribution in [3.05, 3.63) is 35.4 Å². The lowest BCUT2D eigenvalue weighted by Crippen LogP contribution is -2.31. The summed E-state index contributed by atoms with van der Waals surface area (Å²) in [5.74, 6) is -0.504. The van der Waals surface area contributed by atoms with Crippen LogP contribution in [0.4, 0.5) is 0 Å². The van der Waals surface area contributed by atoms with E-state index in [0.29, 0.717) is 11.4 Å². The zero-order valence-electron chi connectivity index (χ0n) is 10.9. The van der Waals surface area contributed by atoms with Crippen LogP contribution < -0.4 is 0 Å². The van der Waals surface area contributed by atoms with Gasteiger partial charge in [-0.25, -0.2) is 8.42 Å². The van der Waals surface area contributed by atoms with E-state index in [1.54, 1.807) is 31.2 Å². The Morgan fingerprint density at radius 3 is 2.21 bits per heavy atom. The van der Waals surface area contributed by atoms with Crippen molar-refractivity contribution in [1.29, 1.82) is 0 Å². The summed E-state index contributed by atoms with van der Waals surface area (Å²) in [6.45, 7) is 1.65. The number of hydrogen-bond acceptors (Lipinski definition) is 4. The predicted molar refractivity (Wildman–Crippen MR) is 74.7 cm³/mol. The van der Waals surface area contributed by atoms with E-state index >= 15 is 0 Å². The molecule has 0 aliphatic heterocycles. The van der Waals surface area contributed by atoms with Crippen molar-refractivity contribution < 1.29 is 17.9 Å². The number of ether oxygens (including phenoxy) is 1. The largest absolute Gasteiger partial charge is 0.468 e. The highest BCUT2D eigenvalue weighted by Gasteiger charge is 2.31. The molecule has 1 rings (SSSR count). The number of esters is 1. The number of carbonyl (C=O) groups excluding carboxylic acids is 1. The zero-order chi connectivity index (χ0) is 14.5. The van der Waals surface area contributed by atoms with Gasteiger partial charge in [0.2, 0.25) is 0 Å². The van der Waals surface area contributed by atoms with Crippen LogP contribution in [0.3, 0.4) is 0 Å². The summed E-state index contributed by atoms with van der Waals surface area (Å²) >= 11 is 5.67. The average molecular weight is 305 g/mol. The third-order valence-corrected chi connectivity index (χ3v) is 5.25. The average Bonchev–Trinajstić information content (AvgIpc) is 2.39. The minimum atomic E-state index is -3.56.